The molecule has 1 aromatic rings. The van der Waals surface area contributed by atoms with E-state index in [2.05, 4.69) is 11.8 Å². The van der Waals surface area contributed by atoms with Crippen LogP contribution < -0.4 is 0 Å². The van der Waals surface area contributed by atoms with Crippen LogP contribution in [0.1, 0.15) is 17.5 Å². The highest BCUT2D eigenvalue weighted by Crippen LogP contribution is 2.09. The van der Waals surface area contributed by atoms with Crippen molar-refractivity contribution >= 4 is 0 Å². The van der Waals surface area contributed by atoms with Crippen LogP contribution in [0.2, 0.25) is 0 Å². The van der Waals surface area contributed by atoms with Crippen LogP contribution in [-0.4, -0.2) is 16.8 Å². The Morgan fingerprint density at radius 3 is 2.71 bits per heavy atom. The van der Waals surface area contributed by atoms with Gasteiger partial charge in [-0.05, 0) is 17.7 Å². The van der Waals surface area contributed by atoms with E-state index >= 15 is 0 Å². The number of aliphatic hydroxyl groups is 2. The lowest BCUT2D eigenvalue weighted by molar-refractivity contribution is 0.281. The van der Waals surface area contributed by atoms with Gasteiger partial charge in [-0.2, -0.15) is 0 Å². The molecule has 0 aliphatic rings. The zero-order chi connectivity index (χ0) is 10.4. The fourth-order valence-electron chi connectivity index (χ4n) is 0.980. The minimum atomic E-state index is -0.410. The van der Waals surface area contributed by atoms with Crippen LogP contribution in [0.3, 0.4) is 0 Å². The summed E-state index contributed by atoms with van der Waals surface area (Å²) in [7, 11) is 0. The van der Waals surface area contributed by atoms with Gasteiger partial charge >= 0.3 is 0 Å². The number of halogens is 1. The summed E-state index contributed by atoms with van der Waals surface area (Å²) in [6, 6.07) is 4.28. The molecule has 0 aliphatic heterocycles. The number of hydrogen-bond acceptors (Lipinski definition) is 2. The van der Waals surface area contributed by atoms with E-state index in [1.54, 1.807) is 0 Å². The molecule has 2 N–H and O–H groups in total. The molecule has 0 fully saturated rings. The van der Waals surface area contributed by atoms with E-state index in [0.29, 0.717) is 12.0 Å². The zero-order valence-corrected chi connectivity index (χ0v) is 7.63. The second-order valence-corrected chi connectivity index (χ2v) is 2.75. The lowest BCUT2D eigenvalue weighted by atomic mass is 10.1. The molecular weight excluding hydrogens is 183 g/mol. The van der Waals surface area contributed by atoms with E-state index in [1.807, 2.05) is 0 Å². The highest BCUT2D eigenvalue weighted by Gasteiger charge is 1.99. The molecule has 0 atom stereocenters. The standard InChI is InChI=1S/C11H11FO2/c12-11-5-4-9(8-14)7-10(11)3-1-2-6-13/h4-5,7,13-14H,2,6,8H2. The van der Waals surface area contributed by atoms with Crippen LogP contribution in [0, 0.1) is 17.7 Å². The first-order chi connectivity index (χ1) is 6.77. The monoisotopic (exact) mass is 194 g/mol. The summed E-state index contributed by atoms with van der Waals surface area (Å²) in [6.07, 6.45) is 0.322. The van der Waals surface area contributed by atoms with Crippen molar-refractivity contribution < 1.29 is 14.6 Å². The highest BCUT2D eigenvalue weighted by molar-refractivity contribution is 5.38. The molecule has 14 heavy (non-hydrogen) atoms. The van der Waals surface area contributed by atoms with Crippen LogP contribution in [0.15, 0.2) is 18.2 Å². The first kappa shape index (κ1) is 10.7. The van der Waals surface area contributed by atoms with Crippen LogP contribution in [0.5, 0.6) is 0 Å². The Morgan fingerprint density at radius 2 is 2.07 bits per heavy atom. The predicted molar refractivity (Wildman–Crippen MR) is 50.9 cm³/mol. The maximum atomic E-state index is 13.1. The number of benzene rings is 1. The van der Waals surface area contributed by atoms with E-state index in [9.17, 15) is 4.39 Å². The van der Waals surface area contributed by atoms with Crippen LogP contribution in [0.25, 0.3) is 0 Å². The minimum Gasteiger partial charge on any atom is -0.395 e. The third kappa shape index (κ3) is 2.84. The molecule has 0 spiro atoms. The molecule has 0 aliphatic carbocycles. The predicted octanol–water partition coefficient (Wildman–Crippen LogP) is 1.05. The molecule has 0 radical (unpaired) electrons. The van der Waals surface area contributed by atoms with Crippen LogP contribution in [0.4, 0.5) is 4.39 Å². The summed E-state index contributed by atoms with van der Waals surface area (Å²) in [5.74, 6) is 4.80. The Hall–Kier alpha value is -1.37. The Balaban J connectivity index is 2.91. The molecule has 3 heteroatoms. The van der Waals surface area contributed by atoms with Crippen molar-refractivity contribution in [3.8, 4) is 11.8 Å². The maximum Gasteiger partial charge on any atom is 0.138 e. The van der Waals surface area contributed by atoms with E-state index < -0.39 is 5.82 Å². The average Bonchev–Trinajstić information content (AvgIpc) is 2.21. The molecule has 74 valence electrons. The first-order valence-electron chi connectivity index (χ1n) is 4.27. The maximum absolute atomic E-state index is 13.1. The Bertz CT molecular complexity index is 363. The van der Waals surface area contributed by atoms with Gasteiger partial charge in [0.25, 0.3) is 0 Å². The normalized spacial score (nSPS) is 9.36. The van der Waals surface area contributed by atoms with Crippen molar-refractivity contribution in [3.63, 3.8) is 0 Å². The van der Waals surface area contributed by atoms with Gasteiger partial charge in [-0.25, -0.2) is 4.39 Å². The second-order valence-electron chi connectivity index (χ2n) is 2.75. The largest absolute Gasteiger partial charge is 0.395 e. The molecule has 0 aromatic heterocycles. The quantitative estimate of drug-likeness (QED) is 0.691. The summed E-state index contributed by atoms with van der Waals surface area (Å²) < 4.78 is 13.1. The van der Waals surface area contributed by atoms with Gasteiger partial charge in [-0.1, -0.05) is 17.9 Å². The van der Waals surface area contributed by atoms with Crippen molar-refractivity contribution in [2.75, 3.05) is 6.61 Å². The SMILES string of the molecule is OCCC#Cc1cc(CO)ccc1F. The van der Waals surface area contributed by atoms with E-state index in [0.717, 1.165) is 0 Å². The summed E-state index contributed by atoms with van der Waals surface area (Å²) >= 11 is 0. The van der Waals surface area contributed by atoms with Gasteiger partial charge in [-0.3, -0.25) is 0 Å². The Kier molecular flexibility index (Phi) is 4.11. The smallest absolute Gasteiger partial charge is 0.138 e. The van der Waals surface area contributed by atoms with Gasteiger partial charge in [0.15, 0.2) is 0 Å². The number of hydrogen-bond donors (Lipinski definition) is 2. The molecule has 0 amide bonds. The van der Waals surface area contributed by atoms with Gasteiger partial charge in [0.1, 0.15) is 5.82 Å². The van der Waals surface area contributed by atoms with Gasteiger partial charge in [0, 0.05) is 6.42 Å². The average molecular weight is 194 g/mol. The number of aliphatic hydroxyl groups excluding tert-OH is 2. The summed E-state index contributed by atoms with van der Waals surface area (Å²) in [6.45, 7) is -0.163. The zero-order valence-electron chi connectivity index (χ0n) is 7.63. The van der Waals surface area contributed by atoms with Crippen molar-refractivity contribution in [1.29, 1.82) is 0 Å². The fraction of sp³-hybridized carbons (Fsp3) is 0.273. The van der Waals surface area contributed by atoms with Crippen molar-refractivity contribution in [3.05, 3.63) is 35.1 Å². The highest BCUT2D eigenvalue weighted by atomic mass is 19.1. The molecule has 0 saturated carbocycles. The molecule has 1 rings (SSSR count). The minimum absolute atomic E-state index is 0.0334. The topological polar surface area (TPSA) is 40.5 Å². The van der Waals surface area contributed by atoms with Crippen molar-refractivity contribution in [1.82, 2.24) is 0 Å². The third-order valence-corrected chi connectivity index (χ3v) is 1.67. The molecular formula is C11H11FO2. The molecule has 2 nitrogen and oxygen atoms in total. The molecule has 1 aromatic carbocycles. The third-order valence-electron chi connectivity index (χ3n) is 1.67. The van der Waals surface area contributed by atoms with Crippen molar-refractivity contribution in [2.45, 2.75) is 13.0 Å². The lowest BCUT2D eigenvalue weighted by Crippen LogP contribution is -1.89. The van der Waals surface area contributed by atoms with Crippen LogP contribution >= 0.6 is 0 Å². The molecule has 0 bridgehead atoms. The molecule has 0 heterocycles. The van der Waals surface area contributed by atoms with Gasteiger partial charge in [0.2, 0.25) is 0 Å². The van der Waals surface area contributed by atoms with E-state index in [-0.39, 0.29) is 18.8 Å². The summed E-state index contributed by atoms with van der Waals surface area (Å²) in [5, 5.41) is 17.3. The Morgan fingerprint density at radius 1 is 1.29 bits per heavy atom. The van der Waals surface area contributed by atoms with Gasteiger partial charge < -0.3 is 10.2 Å². The van der Waals surface area contributed by atoms with Crippen LogP contribution in [-0.2, 0) is 6.61 Å². The van der Waals surface area contributed by atoms with Crippen molar-refractivity contribution in [2.24, 2.45) is 0 Å². The molecule has 0 unspecified atom stereocenters. The van der Waals surface area contributed by atoms with E-state index in [4.69, 9.17) is 10.2 Å². The molecule has 0 saturated heterocycles. The summed E-state index contributed by atoms with van der Waals surface area (Å²) in [4.78, 5) is 0. The van der Waals surface area contributed by atoms with Gasteiger partial charge in [0.05, 0.1) is 18.8 Å². The fourth-order valence-corrected chi connectivity index (χ4v) is 0.980. The number of rotatable bonds is 2. The summed E-state index contributed by atoms with van der Waals surface area (Å²) in [5.41, 5.74) is 0.879. The Labute approximate surface area is 82.0 Å². The van der Waals surface area contributed by atoms with E-state index in [1.165, 1.54) is 18.2 Å². The van der Waals surface area contributed by atoms with Gasteiger partial charge in [-0.15, -0.1) is 0 Å². The lowest BCUT2D eigenvalue weighted by Gasteiger charge is -1.98. The first-order valence-corrected chi connectivity index (χ1v) is 4.27. The second kappa shape index (κ2) is 5.38.